The first-order valence-corrected chi connectivity index (χ1v) is 22.0. The third-order valence-electron chi connectivity index (χ3n) is 10.3. The molecule has 306 valence electrons. The zero-order valence-corrected chi connectivity index (χ0v) is 34.0. The number of benzene rings is 1. The number of hydrogen-bond donors (Lipinski definition) is 2. The number of rotatable bonds is 29. The van der Waals surface area contributed by atoms with E-state index in [0.717, 1.165) is 24.6 Å². The Morgan fingerprint density at radius 1 is 1.02 bits per heavy atom. The van der Waals surface area contributed by atoms with E-state index in [9.17, 15) is 19.1 Å². The number of nitrogen functional groups attached to an aromatic ring is 1. The van der Waals surface area contributed by atoms with Crippen LogP contribution in [0.25, 0.3) is 5.52 Å². The normalized spacial score (nSPS) is 17.5. The molecule has 4 rings (SSSR count). The van der Waals surface area contributed by atoms with Crippen LogP contribution in [0.1, 0.15) is 145 Å². The van der Waals surface area contributed by atoms with E-state index in [4.69, 9.17) is 24.5 Å². The third kappa shape index (κ3) is 15.8. The van der Waals surface area contributed by atoms with Crippen molar-refractivity contribution >= 4 is 19.1 Å². The maximum absolute atomic E-state index is 14.1. The van der Waals surface area contributed by atoms with Crippen LogP contribution >= 0.6 is 7.75 Å². The summed E-state index contributed by atoms with van der Waals surface area (Å²) in [5, 5.41) is 13.6. The van der Waals surface area contributed by atoms with Crippen molar-refractivity contribution < 1.29 is 32.6 Å². The number of anilines is 1. The monoisotopic (exact) mass is 786 g/mol. The largest absolute Gasteiger partial charge is 0.405 e. The first-order chi connectivity index (χ1) is 26.7. The summed E-state index contributed by atoms with van der Waals surface area (Å²) in [7, 11) is -2.74. The standard InChI is InChI=1S/C41H64FN6O6P/c1-3-4-5-6-7-8-9-10-11-12-13-14-15-16-17-18-23-51-30-37(52-29-34-24-33(27-43)25-35(42)26-34)28-47(2)55(49,50)53-31-36-19-22-40(54-36)38-20-21-39-41(44)45-32-46-48(38)39/h20-21,24-26,32,36-37,40H,3-19,22-23,28-31H2,1-2H3,(H,49,50)(H2,44,45,46). The molecule has 1 aromatic carbocycles. The van der Waals surface area contributed by atoms with Crippen molar-refractivity contribution in [3.8, 4) is 6.07 Å². The average Bonchev–Trinajstić information content (AvgIpc) is 3.83. The highest BCUT2D eigenvalue weighted by Crippen LogP contribution is 2.46. The lowest BCUT2D eigenvalue weighted by Gasteiger charge is -2.28. The molecule has 55 heavy (non-hydrogen) atoms. The topological polar surface area (TPSA) is 157 Å². The average molecular weight is 787 g/mol. The number of nitrogens with two attached hydrogens (primary N) is 1. The van der Waals surface area contributed by atoms with Gasteiger partial charge in [-0.2, -0.15) is 10.4 Å². The molecule has 0 bridgehead atoms. The van der Waals surface area contributed by atoms with Gasteiger partial charge in [0.1, 0.15) is 23.8 Å². The number of nitrogens with zero attached hydrogens (tertiary/aromatic N) is 5. The second-order valence-corrected chi connectivity index (χ2v) is 16.8. The fourth-order valence-corrected chi connectivity index (χ4v) is 8.02. The van der Waals surface area contributed by atoms with E-state index >= 15 is 0 Å². The number of fused-ring (bicyclic) bond motifs is 1. The Kier molecular flexibility index (Phi) is 20.0. The summed E-state index contributed by atoms with van der Waals surface area (Å²) in [6, 6.07) is 9.73. The van der Waals surface area contributed by atoms with Gasteiger partial charge in [0.15, 0.2) is 5.82 Å². The molecular formula is C41H64FN6O6P. The van der Waals surface area contributed by atoms with Gasteiger partial charge in [0.25, 0.3) is 0 Å². The number of hydrogen-bond acceptors (Lipinski definition) is 9. The Hall–Kier alpha value is -2.95. The number of unbranched alkanes of at least 4 members (excludes halogenated alkanes) is 15. The molecular weight excluding hydrogens is 722 g/mol. The maximum atomic E-state index is 14.1. The van der Waals surface area contributed by atoms with Gasteiger partial charge in [-0.3, -0.25) is 4.52 Å². The van der Waals surface area contributed by atoms with Crippen LogP contribution in [0.5, 0.6) is 0 Å². The van der Waals surface area contributed by atoms with Crippen molar-refractivity contribution in [2.24, 2.45) is 0 Å². The van der Waals surface area contributed by atoms with Crippen molar-refractivity contribution in [2.75, 3.05) is 39.1 Å². The first-order valence-electron chi connectivity index (χ1n) is 20.5. The summed E-state index contributed by atoms with van der Waals surface area (Å²) < 4.78 is 54.2. The molecule has 3 N–H and O–H groups in total. The minimum atomic E-state index is -4.24. The van der Waals surface area contributed by atoms with Gasteiger partial charge in [-0.25, -0.2) is 23.1 Å². The predicted octanol–water partition coefficient (Wildman–Crippen LogP) is 9.45. The van der Waals surface area contributed by atoms with Gasteiger partial charge in [-0.1, -0.05) is 103 Å². The second-order valence-electron chi connectivity index (χ2n) is 14.9. The molecule has 0 radical (unpaired) electrons. The molecule has 0 spiro atoms. The van der Waals surface area contributed by atoms with Gasteiger partial charge in [-0.15, -0.1) is 0 Å². The van der Waals surface area contributed by atoms with Crippen LogP contribution in [0.3, 0.4) is 0 Å². The fourth-order valence-electron chi connectivity index (χ4n) is 7.07. The summed E-state index contributed by atoms with van der Waals surface area (Å²) in [5.74, 6) is -0.155. The van der Waals surface area contributed by atoms with Crippen LogP contribution in [0.15, 0.2) is 36.7 Å². The van der Waals surface area contributed by atoms with Gasteiger partial charge < -0.3 is 24.8 Å². The molecule has 1 aliphatic rings. The molecule has 1 aliphatic heterocycles. The van der Waals surface area contributed by atoms with E-state index in [1.54, 1.807) is 10.6 Å². The fraction of sp³-hybridized carbons (Fsp3) is 0.683. The van der Waals surface area contributed by atoms with Crippen LogP contribution in [0, 0.1) is 17.1 Å². The Morgan fingerprint density at radius 2 is 1.67 bits per heavy atom. The lowest BCUT2D eigenvalue weighted by Crippen LogP contribution is -2.34. The number of halogens is 1. The van der Waals surface area contributed by atoms with Crippen molar-refractivity contribution in [1.82, 2.24) is 19.3 Å². The smallest absolute Gasteiger partial charge is 0.382 e. The Morgan fingerprint density at radius 3 is 2.33 bits per heavy atom. The Bertz CT molecular complexity index is 1640. The van der Waals surface area contributed by atoms with Gasteiger partial charge in [0.2, 0.25) is 0 Å². The first kappa shape index (κ1) is 44.8. The van der Waals surface area contributed by atoms with Crippen LogP contribution in [-0.2, 0) is 29.9 Å². The van der Waals surface area contributed by atoms with Crippen molar-refractivity contribution in [1.29, 1.82) is 5.26 Å². The highest BCUT2D eigenvalue weighted by atomic mass is 31.2. The molecule has 0 saturated carbocycles. The number of likely N-dealkylation sites (N-methyl/N-ethyl adjacent to an activating group) is 1. The van der Waals surface area contributed by atoms with Gasteiger partial charge in [-0.05, 0) is 62.2 Å². The quantitative estimate of drug-likeness (QED) is 0.0510. The zero-order valence-electron chi connectivity index (χ0n) is 33.1. The van der Waals surface area contributed by atoms with Crippen LogP contribution in [0.2, 0.25) is 0 Å². The summed E-state index contributed by atoms with van der Waals surface area (Å²) in [5.41, 5.74) is 8.17. The minimum Gasteiger partial charge on any atom is -0.382 e. The summed E-state index contributed by atoms with van der Waals surface area (Å²) >= 11 is 0. The second kappa shape index (κ2) is 24.6. The molecule has 3 aromatic rings. The van der Waals surface area contributed by atoms with Crippen LogP contribution < -0.4 is 5.73 Å². The molecule has 12 nitrogen and oxygen atoms in total. The predicted molar refractivity (Wildman–Crippen MR) is 213 cm³/mol. The van der Waals surface area contributed by atoms with E-state index in [1.165, 1.54) is 114 Å². The molecule has 2 aromatic heterocycles. The number of aromatic nitrogens is 3. The van der Waals surface area contributed by atoms with Crippen molar-refractivity contribution in [3.05, 3.63) is 59.3 Å². The maximum Gasteiger partial charge on any atom is 0.405 e. The van der Waals surface area contributed by atoms with Gasteiger partial charge in [0, 0.05) is 13.2 Å². The van der Waals surface area contributed by atoms with Crippen molar-refractivity contribution in [2.45, 2.75) is 147 Å². The number of nitriles is 1. The highest BCUT2D eigenvalue weighted by molar-refractivity contribution is 7.50. The highest BCUT2D eigenvalue weighted by Gasteiger charge is 2.34. The molecule has 4 atom stereocenters. The van der Waals surface area contributed by atoms with E-state index < -0.39 is 19.7 Å². The van der Waals surface area contributed by atoms with Crippen LogP contribution in [-0.4, -0.2) is 69.8 Å². The molecule has 1 fully saturated rings. The van der Waals surface area contributed by atoms with E-state index in [1.807, 2.05) is 18.2 Å². The molecule has 0 aliphatic carbocycles. The Labute approximate surface area is 327 Å². The lowest BCUT2D eigenvalue weighted by molar-refractivity contribution is -0.0343. The summed E-state index contributed by atoms with van der Waals surface area (Å²) in [6.07, 6.45) is 22.1. The van der Waals surface area contributed by atoms with E-state index in [0.29, 0.717) is 36.3 Å². The van der Waals surface area contributed by atoms with Crippen LogP contribution in [0.4, 0.5) is 10.2 Å². The molecule has 0 amide bonds. The lowest BCUT2D eigenvalue weighted by atomic mass is 10.0. The van der Waals surface area contributed by atoms with Crippen molar-refractivity contribution in [3.63, 3.8) is 0 Å². The minimum absolute atomic E-state index is 0.00618. The SMILES string of the molecule is CCCCCCCCCCCCCCCCCCOCC(CN(C)P(=O)(O)OCC1CCC(c2ccc3c(N)ncnn23)O1)OCc1cc(F)cc(C#N)c1. The van der Waals surface area contributed by atoms with E-state index in [-0.39, 0.29) is 44.1 Å². The Balaban J connectivity index is 1.15. The van der Waals surface area contributed by atoms with Gasteiger partial charge in [0.05, 0.1) is 49.4 Å². The molecule has 1 saturated heterocycles. The zero-order chi connectivity index (χ0) is 39.3. The van der Waals surface area contributed by atoms with E-state index in [2.05, 4.69) is 17.0 Å². The number of ether oxygens (including phenoxy) is 3. The summed E-state index contributed by atoms with van der Waals surface area (Å²) in [4.78, 5) is 14.9. The summed E-state index contributed by atoms with van der Waals surface area (Å²) in [6.45, 7) is 2.95. The third-order valence-corrected chi connectivity index (χ3v) is 11.8. The molecule has 3 heterocycles. The molecule has 4 unspecified atom stereocenters. The molecule has 14 heteroatoms. The van der Waals surface area contributed by atoms with Gasteiger partial charge >= 0.3 is 7.75 Å².